The number of ether oxygens (including phenoxy) is 1. The Hall–Kier alpha value is -1.37. The largest absolute Gasteiger partial charge is 0.480 e. The molecule has 114 valence electrons. The van der Waals surface area contributed by atoms with Gasteiger partial charge in [-0.15, -0.1) is 0 Å². The minimum Gasteiger partial charge on any atom is -0.480 e. The summed E-state index contributed by atoms with van der Waals surface area (Å²) in [5, 5.41) is 0. The lowest BCUT2D eigenvalue weighted by Crippen LogP contribution is -2.55. The van der Waals surface area contributed by atoms with Crippen LogP contribution in [-0.4, -0.2) is 54.1 Å². The molecule has 2 aliphatic rings. The fraction of sp³-hybridized carbons (Fsp3) is 0.643. The molecule has 0 spiro atoms. The average molecular weight is 355 g/mol. The molecule has 0 atom stereocenters. The first kappa shape index (κ1) is 14.6. The highest BCUT2D eigenvalue weighted by atomic mass is 79.9. The molecule has 0 unspecified atom stereocenters. The summed E-state index contributed by atoms with van der Waals surface area (Å²) in [4.78, 5) is 25.0. The number of amides is 1. The van der Waals surface area contributed by atoms with Crippen LogP contribution in [-0.2, 0) is 4.79 Å². The summed E-state index contributed by atoms with van der Waals surface area (Å²) < 4.78 is 5.91. The van der Waals surface area contributed by atoms with Crippen molar-refractivity contribution in [3.05, 3.63) is 10.7 Å². The molecule has 0 saturated carbocycles. The molecule has 3 heterocycles. The first-order valence-corrected chi connectivity index (χ1v) is 8.08. The van der Waals surface area contributed by atoms with Crippen LogP contribution in [0.3, 0.4) is 0 Å². The summed E-state index contributed by atoms with van der Waals surface area (Å²) in [6.45, 7) is 3.22. The van der Waals surface area contributed by atoms with Crippen LogP contribution in [0.2, 0.25) is 0 Å². The van der Waals surface area contributed by atoms with Gasteiger partial charge in [-0.25, -0.2) is 4.98 Å². The second-order valence-electron chi connectivity index (χ2n) is 5.52. The maximum Gasteiger partial charge on any atom is 0.232 e. The second-order valence-corrected chi connectivity index (χ2v) is 6.37. The van der Waals surface area contributed by atoms with Crippen molar-refractivity contribution in [1.82, 2.24) is 14.9 Å². The Labute approximate surface area is 132 Å². The Balaban J connectivity index is 1.58. The number of piperidine rings is 1. The van der Waals surface area contributed by atoms with Crippen molar-refractivity contribution in [3.63, 3.8) is 0 Å². The number of halogens is 1. The van der Waals surface area contributed by atoms with E-state index in [9.17, 15) is 4.79 Å². The molecule has 0 bridgehead atoms. The highest BCUT2D eigenvalue weighted by Gasteiger charge is 2.37. The summed E-state index contributed by atoms with van der Waals surface area (Å²) in [6.07, 6.45) is 5.19. The van der Waals surface area contributed by atoms with Gasteiger partial charge in [0.05, 0.1) is 23.7 Å². The van der Waals surface area contributed by atoms with Crippen molar-refractivity contribution in [2.45, 2.75) is 19.3 Å². The second kappa shape index (κ2) is 6.17. The molecule has 1 aromatic rings. The summed E-state index contributed by atoms with van der Waals surface area (Å²) in [7, 11) is 1.58. The summed E-state index contributed by atoms with van der Waals surface area (Å²) >= 11 is 3.34. The lowest BCUT2D eigenvalue weighted by molar-refractivity contribution is -0.137. The monoisotopic (exact) mass is 354 g/mol. The number of carbonyl (C=O) groups is 1. The van der Waals surface area contributed by atoms with Gasteiger partial charge in [0.1, 0.15) is 0 Å². The highest BCUT2D eigenvalue weighted by molar-refractivity contribution is 9.10. The minimum absolute atomic E-state index is 0.0846. The molecular weight excluding hydrogens is 336 g/mol. The molecule has 21 heavy (non-hydrogen) atoms. The van der Waals surface area contributed by atoms with Gasteiger partial charge in [-0.3, -0.25) is 4.79 Å². The summed E-state index contributed by atoms with van der Waals surface area (Å²) in [5.41, 5.74) is 0. The van der Waals surface area contributed by atoms with E-state index in [0.717, 1.165) is 30.4 Å². The predicted molar refractivity (Wildman–Crippen MR) is 82.4 cm³/mol. The van der Waals surface area contributed by atoms with Gasteiger partial charge in [0.2, 0.25) is 17.7 Å². The third kappa shape index (κ3) is 2.97. The van der Waals surface area contributed by atoms with Crippen molar-refractivity contribution in [3.8, 4) is 5.88 Å². The number of carbonyl (C=O) groups excluding carboxylic acids is 1. The first-order chi connectivity index (χ1) is 10.2. The van der Waals surface area contributed by atoms with Crippen LogP contribution in [0, 0.1) is 5.92 Å². The smallest absolute Gasteiger partial charge is 0.232 e. The van der Waals surface area contributed by atoms with Gasteiger partial charge < -0.3 is 14.5 Å². The number of methoxy groups -OCH3 is 1. The molecule has 7 heteroatoms. The Morgan fingerprint density at radius 1 is 1.33 bits per heavy atom. The zero-order valence-electron chi connectivity index (χ0n) is 12.1. The Kier molecular flexibility index (Phi) is 4.28. The zero-order chi connectivity index (χ0) is 14.8. The molecule has 2 aliphatic heterocycles. The van der Waals surface area contributed by atoms with E-state index in [0.29, 0.717) is 24.9 Å². The summed E-state index contributed by atoms with van der Waals surface area (Å²) in [6, 6.07) is 0. The number of likely N-dealkylation sites (tertiary alicyclic amines) is 1. The minimum atomic E-state index is 0.0846. The van der Waals surface area contributed by atoms with Crippen molar-refractivity contribution in [2.24, 2.45) is 5.92 Å². The van der Waals surface area contributed by atoms with Gasteiger partial charge in [-0.1, -0.05) is 0 Å². The third-order valence-electron chi connectivity index (χ3n) is 4.07. The van der Waals surface area contributed by atoms with E-state index >= 15 is 0 Å². The molecule has 1 amide bonds. The van der Waals surface area contributed by atoms with Crippen molar-refractivity contribution in [1.29, 1.82) is 0 Å². The van der Waals surface area contributed by atoms with Crippen LogP contribution in [0.4, 0.5) is 5.95 Å². The highest BCUT2D eigenvalue weighted by Crippen LogP contribution is 2.28. The quantitative estimate of drug-likeness (QED) is 0.826. The molecule has 0 radical (unpaired) electrons. The van der Waals surface area contributed by atoms with E-state index in [4.69, 9.17) is 4.74 Å². The number of nitrogens with zero attached hydrogens (tertiary/aromatic N) is 4. The van der Waals surface area contributed by atoms with Gasteiger partial charge in [0, 0.05) is 26.2 Å². The van der Waals surface area contributed by atoms with Gasteiger partial charge in [-0.05, 0) is 35.2 Å². The van der Waals surface area contributed by atoms with E-state index in [2.05, 4.69) is 25.9 Å². The van der Waals surface area contributed by atoms with E-state index in [1.54, 1.807) is 13.3 Å². The van der Waals surface area contributed by atoms with Crippen molar-refractivity contribution >= 4 is 27.8 Å². The fourth-order valence-electron chi connectivity index (χ4n) is 2.81. The Morgan fingerprint density at radius 3 is 2.71 bits per heavy atom. The van der Waals surface area contributed by atoms with Gasteiger partial charge >= 0.3 is 0 Å². The van der Waals surface area contributed by atoms with Gasteiger partial charge in [-0.2, -0.15) is 4.98 Å². The van der Waals surface area contributed by atoms with Crippen molar-refractivity contribution in [2.75, 3.05) is 38.2 Å². The van der Waals surface area contributed by atoms with Crippen LogP contribution >= 0.6 is 15.9 Å². The van der Waals surface area contributed by atoms with E-state index in [1.165, 1.54) is 6.42 Å². The molecule has 0 N–H and O–H groups in total. The molecular formula is C14H19BrN4O2. The Bertz CT molecular complexity index is 528. The van der Waals surface area contributed by atoms with Crippen LogP contribution in [0.5, 0.6) is 5.88 Å². The number of rotatable bonds is 3. The maximum atomic E-state index is 12.4. The lowest BCUT2D eigenvalue weighted by Gasteiger charge is -2.41. The topological polar surface area (TPSA) is 58.6 Å². The SMILES string of the molecule is COc1nc(N2CC(C(=O)N3CCCCC3)C2)ncc1Br. The van der Waals surface area contributed by atoms with E-state index in [-0.39, 0.29) is 11.8 Å². The van der Waals surface area contributed by atoms with Gasteiger partial charge in [0.25, 0.3) is 0 Å². The molecule has 2 fully saturated rings. The maximum absolute atomic E-state index is 12.4. The standard InChI is InChI=1S/C14H19BrN4O2/c1-21-12-11(15)7-16-14(17-12)19-8-10(9-19)13(20)18-5-3-2-4-6-18/h7,10H,2-6,8-9H2,1H3. The lowest BCUT2D eigenvalue weighted by atomic mass is 9.97. The molecule has 0 aliphatic carbocycles. The molecule has 2 saturated heterocycles. The number of hydrogen-bond acceptors (Lipinski definition) is 5. The number of aromatic nitrogens is 2. The zero-order valence-corrected chi connectivity index (χ0v) is 13.7. The molecule has 6 nitrogen and oxygen atoms in total. The van der Waals surface area contributed by atoms with E-state index < -0.39 is 0 Å². The van der Waals surface area contributed by atoms with Crippen LogP contribution < -0.4 is 9.64 Å². The molecule has 0 aromatic carbocycles. The van der Waals surface area contributed by atoms with E-state index in [1.807, 2.05) is 9.80 Å². The van der Waals surface area contributed by atoms with Crippen molar-refractivity contribution < 1.29 is 9.53 Å². The first-order valence-electron chi connectivity index (χ1n) is 7.29. The fourth-order valence-corrected chi connectivity index (χ4v) is 3.16. The number of anilines is 1. The normalized spacial score (nSPS) is 19.3. The summed E-state index contributed by atoms with van der Waals surface area (Å²) in [5.74, 6) is 1.51. The number of hydrogen-bond donors (Lipinski definition) is 0. The third-order valence-corrected chi connectivity index (χ3v) is 4.62. The molecule has 1 aromatic heterocycles. The average Bonchev–Trinajstić information content (AvgIpc) is 2.48. The van der Waals surface area contributed by atoms with Crippen LogP contribution in [0.25, 0.3) is 0 Å². The van der Waals surface area contributed by atoms with Crippen LogP contribution in [0.1, 0.15) is 19.3 Å². The predicted octanol–water partition coefficient (Wildman–Crippen LogP) is 1.70. The van der Waals surface area contributed by atoms with Crippen LogP contribution in [0.15, 0.2) is 10.7 Å². The Morgan fingerprint density at radius 2 is 2.05 bits per heavy atom. The van der Waals surface area contributed by atoms with Gasteiger partial charge in [0.15, 0.2) is 0 Å². The molecule has 3 rings (SSSR count).